The molecule has 2 N–H and O–H groups in total. The van der Waals surface area contributed by atoms with Crippen molar-refractivity contribution in [3.63, 3.8) is 0 Å². The fraction of sp³-hybridized carbons (Fsp3) is 0.769. The minimum Gasteiger partial charge on any atom is -0.476 e. The van der Waals surface area contributed by atoms with Crippen molar-refractivity contribution in [2.24, 2.45) is 17.8 Å². The molecule has 1 aromatic rings. The number of ketones is 1. The largest absolute Gasteiger partial charge is 0.476 e. The Bertz CT molecular complexity index is 878. The number of Topliss-reactive ketones (excluding diaryl/α,β-unsaturated/α-hetero) is 1. The topological polar surface area (TPSA) is 111 Å². The van der Waals surface area contributed by atoms with E-state index in [1.165, 1.54) is 5.38 Å². The average molecular weight is 510 g/mol. The Morgan fingerprint density at radius 3 is 2.29 bits per heavy atom. The maximum Gasteiger partial charge on any atom is 0.355 e. The average Bonchev–Trinajstić information content (AvgIpc) is 3.51. The Morgan fingerprint density at radius 2 is 1.80 bits per heavy atom. The minimum atomic E-state index is -1.13. The van der Waals surface area contributed by atoms with Gasteiger partial charge in [0.1, 0.15) is 11.1 Å². The summed E-state index contributed by atoms with van der Waals surface area (Å²) < 4.78 is 0. The second-order valence-corrected chi connectivity index (χ2v) is 11.7. The zero-order valence-electron chi connectivity index (χ0n) is 22.3. The number of hydrogen-bond donors (Lipinski definition) is 2. The van der Waals surface area contributed by atoms with Crippen LogP contribution >= 0.6 is 11.3 Å². The van der Waals surface area contributed by atoms with Gasteiger partial charge in [-0.05, 0) is 51.6 Å². The molecule has 8 nitrogen and oxygen atoms in total. The predicted octanol–water partition coefficient (Wildman–Crippen LogP) is 4.24. The predicted molar refractivity (Wildman–Crippen MR) is 138 cm³/mol. The Kier molecular flexibility index (Phi) is 10.4. The summed E-state index contributed by atoms with van der Waals surface area (Å²) in [5.41, 5.74) is -0.688. The first-order valence-corrected chi connectivity index (χ1v) is 13.6. The van der Waals surface area contributed by atoms with Crippen molar-refractivity contribution < 1.29 is 24.6 Å². The molecule has 0 saturated carbocycles. The summed E-state index contributed by atoms with van der Waals surface area (Å²) in [7, 11) is 1.75. The van der Waals surface area contributed by atoms with E-state index in [1.54, 1.807) is 11.9 Å². The van der Waals surface area contributed by atoms with Crippen LogP contribution in [0.2, 0.25) is 0 Å². The van der Waals surface area contributed by atoms with Crippen LogP contribution in [0.1, 0.15) is 95.2 Å². The van der Waals surface area contributed by atoms with E-state index in [2.05, 4.69) is 9.88 Å². The third-order valence-corrected chi connectivity index (χ3v) is 8.68. The third-order valence-electron chi connectivity index (χ3n) is 7.74. The summed E-state index contributed by atoms with van der Waals surface area (Å²) in [5, 5.41) is 21.7. The number of likely N-dealkylation sites (tertiary alicyclic amines) is 1. The molecule has 1 aliphatic heterocycles. The van der Waals surface area contributed by atoms with E-state index in [0.29, 0.717) is 5.01 Å². The summed E-state index contributed by atoms with van der Waals surface area (Å²) in [6, 6.07) is -0.289. The second-order valence-electron chi connectivity index (χ2n) is 10.8. The van der Waals surface area contributed by atoms with Crippen LogP contribution in [0, 0.1) is 17.8 Å². The molecule has 1 aromatic heterocycles. The normalized spacial score (nSPS) is 18.3. The van der Waals surface area contributed by atoms with Crippen LogP contribution in [0.15, 0.2) is 5.38 Å². The van der Waals surface area contributed by atoms with E-state index in [-0.39, 0.29) is 48.1 Å². The van der Waals surface area contributed by atoms with Gasteiger partial charge in [-0.15, -0.1) is 11.3 Å². The summed E-state index contributed by atoms with van der Waals surface area (Å²) in [6.07, 6.45) is 2.44. The van der Waals surface area contributed by atoms with Crippen molar-refractivity contribution >= 4 is 29.0 Å². The van der Waals surface area contributed by atoms with Gasteiger partial charge in [-0.2, -0.15) is 0 Å². The van der Waals surface area contributed by atoms with Crippen LogP contribution < -0.4 is 0 Å². The molecule has 9 heteroatoms. The third kappa shape index (κ3) is 7.11. The van der Waals surface area contributed by atoms with Gasteiger partial charge in [-0.1, -0.05) is 34.1 Å². The number of amides is 1. The van der Waals surface area contributed by atoms with Crippen molar-refractivity contribution in [1.29, 1.82) is 0 Å². The second kappa shape index (κ2) is 12.4. The van der Waals surface area contributed by atoms with Crippen molar-refractivity contribution in [2.45, 2.75) is 91.3 Å². The molecule has 35 heavy (non-hydrogen) atoms. The highest BCUT2D eigenvalue weighted by molar-refractivity contribution is 7.09. The maximum absolute atomic E-state index is 13.8. The Labute approximate surface area is 213 Å². The molecular formula is C26H43N3O5S. The number of thiazole rings is 1. The van der Waals surface area contributed by atoms with Gasteiger partial charge in [0, 0.05) is 37.2 Å². The first-order chi connectivity index (χ1) is 16.3. The number of carbonyl (C=O) groups excluding carboxylic acids is 2. The molecule has 1 saturated heterocycles. The minimum absolute atomic E-state index is 0.0399. The van der Waals surface area contributed by atoms with E-state index in [1.807, 2.05) is 41.5 Å². The molecule has 0 aliphatic carbocycles. The Balaban J connectivity index is 2.19. The van der Waals surface area contributed by atoms with Crippen molar-refractivity contribution in [1.82, 2.24) is 14.8 Å². The first kappa shape index (κ1) is 29.4. The molecule has 0 radical (unpaired) electrons. The van der Waals surface area contributed by atoms with Gasteiger partial charge < -0.3 is 15.1 Å². The van der Waals surface area contributed by atoms with E-state index in [0.717, 1.165) is 43.7 Å². The molecular weight excluding hydrogens is 466 g/mol. The highest BCUT2D eigenvalue weighted by atomic mass is 32.1. The molecule has 1 fully saturated rings. The number of carbonyl (C=O) groups is 3. The number of hydrogen-bond acceptors (Lipinski definition) is 7. The number of carboxylic acid groups (broad SMARTS) is 1. The van der Waals surface area contributed by atoms with E-state index in [4.69, 9.17) is 5.11 Å². The van der Waals surface area contributed by atoms with Crippen LogP contribution in [0.5, 0.6) is 0 Å². The van der Waals surface area contributed by atoms with Gasteiger partial charge in [-0.25, -0.2) is 9.78 Å². The highest BCUT2D eigenvalue weighted by Crippen LogP contribution is 2.32. The molecule has 1 amide bonds. The molecule has 2 rings (SSSR count). The Hall–Kier alpha value is -1.84. The monoisotopic (exact) mass is 509 g/mol. The number of nitrogens with zero attached hydrogens (tertiary/aromatic N) is 3. The van der Waals surface area contributed by atoms with Gasteiger partial charge in [0.2, 0.25) is 5.91 Å². The van der Waals surface area contributed by atoms with Crippen molar-refractivity contribution in [3.8, 4) is 0 Å². The lowest BCUT2D eigenvalue weighted by Gasteiger charge is -2.38. The smallest absolute Gasteiger partial charge is 0.355 e. The van der Waals surface area contributed by atoms with Crippen molar-refractivity contribution in [2.75, 3.05) is 20.1 Å². The quantitative estimate of drug-likeness (QED) is 0.409. The standard InChI is InChI=1S/C26H43N3O5S/c1-8-17(4)18(13-22(31)26(5,6)29-11-9-10-12-29)24(32)28(7)20(16(2)3)14-21(30)23-27-19(15-35-23)25(33)34/h15-18,20-21,30H,8-14H2,1-7H3,(H,33,34)/t17-,18-,20+,21+/m0/s1. The van der Waals surface area contributed by atoms with Crippen LogP contribution in [0.3, 0.4) is 0 Å². The lowest BCUT2D eigenvalue weighted by Crippen LogP contribution is -2.51. The van der Waals surface area contributed by atoms with E-state index in [9.17, 15) is 19.5 Å². The summed E-state index contributed by atoms with van der Waals surface area (Å²) in [5.74, 6) is -1.47. The fourth-order valence-electron chi connectivity index (χ4n) is 4.89. The molecule has 2 heterocycles. The van der Waals surface area contributed by atoms with Gasteiger partial charge in [0.15, 0.2) is 11.5 Å². The number of rotatable bonds is 13. The zero-order chi connectivity index (χ0) is 26.5. The van der Waals surface area contributed by atoms with Crippen LogP contribution in [-0.2, 0) is 9.59 Å². The Morgan fingerprint density at radius 1 is 1.20 bits per heavy atom. The first-order valence-electron chi connectivity index (χ1n) is 12.7. The molecule has 4 atom stereocenters. The number of carboxylic acids is 1. The van der Waals surface area contributed by atoms with E-state index < -0.39 is 23.5 Å². The molecule has 0 bridgehead atoms. The number of aromatic nitrogens is 1. The van der Waals surface area contributed by atoms with Gasteiger partial charge in [0.05, 0.1) is 5.54 Å². The number of aliphatic hydroxyl groups is 1. The van der Waals surface area contributed by atoms with E-state index >= 15 is 0 Å². The van der Waals surface area contributed by atoms with Crippen molar-refractivity contribution in [3.05, 3.63) is 16.1 Å². The molecule has 0 spiro atoms. The lowest BCUT2D eigenvalue weighted by molar-refractivity contribution is -0.144. The van der Waals surface area contributed by atoms with Gasteiger partial charge in [-0.3, -0.25) is 14.5 Å². The lowest BCUT2D eigenvalue weighted by atomic mass is 9.81. The van der Waals surface area contributed by atoms with Crippen LogP contribution in [0.4, 0.5) is 0 Å². The summed E-state index contributed by atoms with van der Waals surface area (Å²) >= 11 is 1.10. The fourth-order valence-corrected chi connectivity index (χ4v) is 5.68. The summed E-state index contributed by atoms with van der Waals surface area (Å²) in [6.45, 7) is 13.8. The van der Waals surface area contributed by atoms with Crippen LogP contribution in [0.25, 0.3) is 0 Å². The highest BCUT2D eigenvalue weighted by Gasteiger charge is 2.40. The zero-order valence-corrected chi connectivity index (χ0v) is 23.1. The van der Waals surface area contributed by atoms with Gasteiger partial charge >= 0.3 is 5.97 Å². The molecule has 0 aromatic carbocycles. The molecule has 1 aliphatic rings. The van der Waals surface area contributed by atoms with Crippen LogP contribution in [-0.4, -0.2) is 74.4 Å². The SMILES string of the molecule is CC[C@H](C)[C@H](CC(=O)C(C)(C)N1CCCC1)C(=O)N(C)[C@H](C[C@@H](O)c1nc(C(=O)O)cs1)C(C)C. The number of aliphatic hydroxyl groups excluding tert-OH is 1. The summed E-state index contributed by atoms with van der Waals surface area (Å²) in [4.78, 5) is 46.3. The van der Waals surface area contributed by atoms with Gasteiger partial charge in [0.25, 0.3) is 0 Å². The number of aromatic carboxylic acids is 1. The molecule has 0 unspecified atom stereocenters. The molecule has 198 valence electrons. The maximum atomic E-state index is 13.8.